The van der Waals surface area contributed by atoms with Gasteiger partial charge in [0.05, 0.1) is 18.2 Å². The molecular weight excluding hydrogens is 254 g/mol. The number of hydrogen-bond donors (Lipinski definition) is 0. The van der Waals surface area contributed by atoms with Gasteiger partial charge >= 0.3 is 0 Å². The van der Waals surface area contributed by atoms with Crippen LogP contribution in [0.25, 0.3) is 0 Å². The van der Waals surface area contributed by atoms with Crippen LogP contribution >= 0.6 is 11.6 Å². The molecule has 2 heterocycles. The normalized spacial score (nSPS) is 23.6. The molecule has 2 aliphatic rings. The van der Waals surface area contributed by atoms with Crippen molar-refractivity contribution in [1.29, 1.82) is 0 Å². The molecule has 0 amide bonds. The summed E-state index contributed by atoms with van der Waals surface area (Å²) in [6.07, 6.45) is 5.19. The molecule has 1 aromatic heterocycles. The monoisotopic (exact) mass is 269 g/mol. The van der Waals surface area contributed by atoms with E-state index in [4.69, 9.17) is 21.1 Å². The Morgan fingerprint density at radius 3 is 2.56 bits per heavy atom. The van der Waals surface area contributed by atoms with Crippen LogP contribution in [-0.4, -0.2) is 23.6 Å². The van der Waals surface area contributed by atoms with Gasteiger partial charge in [0.1, 0.15) is 0 Å². The Labute approximate surface area is 110 Å². The first-order chi connectivity index (χ1) is 8.69. The fourth-order valence-corrected chi connectivity index (χ4v) is 3.04. The molecule has 0 atom stereocenters. The summed E-state index contributed by atoms with van der Waals surface area (Å²) in [5.41, 5.74) is 0.00797. The van der Waals surface area contributed by atoms with Gasteiger partial charge in [-0.15, -0.1) is 0 Å². The maximum Gasteiger partial charge on any atom is 0.250 e. The van der Waals surface area contributed by atoms with Crippen molar-refractivity contribution in [3.8, 4) is 0 Å². The summed E-state index contributed by atoms with van der Waals surface area (Å²) in [4.78, 5) is 11.8. The molecule has 1 saturated heterocycles. The molecule has 1 aliphatic carbocycles. The maximum atomic E-state index is 11.8. The molecule has 1 saturated carbocycles. The molecule has 0 bridgehead atoms. The van der Waals surface area contributed by atoms with Crippen LogP contribution in [0.4, 0.5) is 0 Å². The number of nitrogens with zero attached hydrogens (tertiary/aromatic N) is 1. The molecule has 18 heavy (non-hydrogen) atoms. The number of aromatic nitrogens is 1. The minimum absolute atomic E-state index is 0.00797. The standard InChI is InChI=1S/C13H16ClNO3/c14-10-1-2-12(16)15(9-10)11-3-5-13(6-4-11)17-7-8-18-13/h1-2,9,11H,3-8H2. The molecule has 4 nitrogen and oxygen atoms in total. The minimum atomic E-state index is -0.376. The van der Waals surface area contributed by atoms with E-state index >= 15 is 0 Å². The van der Waals surface area contributed by atoms with Crippen molar-refractivity contribution in [3.63, 3.8) is 0 Å². The van der Waals surface area contributed by atoms with E-state index in [2.05, 4.69) is 0 Å². The quantitative estimate of drug-likeness (QED) is 0.786. The summed E-state index contributed by atoms with van der Waals surface area (Å²) in [6, 6.07) is 3.36. The van der Waals surface area contributed by atoms with Gasteiger partial charge in [0, 0.05) is 31.1 Å². The molecule has 1 spiro atoms. The third-order valence-corrected chi connectivity index (χ3v) is 4.05. The first-order valence-corrected chi connectivity index (χ1v) is 6.72. The van der Waals surface area contributed by atoms with Crippen molar-refractivity contribution in [3.05, 3.63) is 33.7 Å². The SMILES string of the molecule is O=c1ccc(Cl)cn1C1CCC2(CC1)OCCO2. The maximum absolute atomic E-state index is 11.8. The molecule has 1 aromatic rings. The van der Waals surface area contributed by atoms with Gasteiger partial charge in [-0.2, -0.15) is 0 Å². The van der Waals surface area contributed by atoms with Crippen molar-refractivity contribution in [2.75, 3.05) is 13.2 Å². The Hall–Kier alpha value is -0.840. The second-order valence-electron chi connectivity index (χ2n) is 4.93. The molecule has 0 unspecified atom stereocenters. The number of pyridine rings is 1. The topological polar surface area (TPSA) is 40.5 Å². The van der Waals surface area contributed by atoms with Gasteiger partial charge in [0.15, 0.2) is 5.79 Å². The van der Waals surface area contributed by atoms with Gasteiger partial charge in [-0.25, -0.2) is 0 Å². The molecule has 98 valence electrons. The Morgan fingerprint density at radius 2 is 1.89 bits per heavy atom. The molecule has 3 rings (SSSR count). The largest absolute Gasteiger partial charge is 0.348 e. The highest BCUT2D eigenvalue weighted by Crippen LogP contribution is 2.39. The summed E-state index contributed by atoms with van der Waals surface area (Å²) in [6.45, 7) is 1.36. The smallest absolute Gasteiger partial charge is 0.250 e. The van der Waals surface area contributed by atoms with Crippen LogP contribution in [0.5, 0.6) is 0 Å². The van der Waals surface area contributed by atoms with E-state index in [1.54, 1.807) is 16.8 Å². The molecule has 0 radical (unpaired) electrons. The van der Waals surface area contributed by atoms with E-state index in [0.717, 1.165) is 25.7 Å². The van der Waals surface area contributed by atoms with Gasteiger partial charge < -0.3 is 14.0 Å². The van der Waals surface area contributed by atoms with E-state index in [-0.39, 0.29) is 17.4 Å². The fraction of sp³-hybridized carbons (Fsp3) is 0.615. The van der Waals surface area contributed by atoms with Crippen LogP contribution in [0.2, 0.25) is 5.02 Å². The Kier molecular flexibility index (Phi) is 3.18. The highest BCUT2D eigenvalue weighted by atomic mass is 35.5. The number of hydrogen-bond acceptors (Lipinski definition) is 3. The van der Waals surface area contributed by atoms with Crippen LogP contribution < -0.4 is 5.56 Å². The lowest BCUT2D eigenvalue weighted by molar-refractivity contribution is -0.181. The van der Waals surface area contributed by atoms with Crippen molar-refractivity contribution in [2.45, 2.75) is 37.5 Å². The Balaban J connectivity index is 1.76. The van der Waals surface area contributed by atoms with Crippen LogP contribution in [0.1, 0.15) is 31.7 Å². The van der Waals surface area contributed by atoms with Gasteiger partial charge in [0.25, 0.3) is 5.56 Å². The molecule has 2 fully saturated rings. The average Bonchev–Trinajstić information content (AvgIpc) is 2.82. The summed E-state index contributed by atoms with van der Waals surface area (Å²) in [7, 11) is 0. The zero-order valence-corrected chi connectivity index (χ0v) is 10.9. The van der Waals surface area contributed by atoms with Gasteiger partial charge in [0.2, 0.25) is 0 Å². The van der Waals surface area contributed by atoms with Crippen LogP contribution in [0, 0.1) is 0 Å². The third-order valence-electron chi connectivity index (χ3n) is 3.83. The highest BCUT2D eigenvalue weighted by Gasteiger charge is 2.40. The zero-order chi connectivity index (χ0) is 12.6. The summed E-state index contributed by atoms with van der Waals surface area (Å²) in [5, 5.41) is 0.600. The molecule has 5 heteroatoms. The Bertz CT molecular complexity index is 483. The van der Waals surface area contributed by atoms with Gasteiger partial charge in [-0.3, -0.25) is 4.79 Å². The van der Waals surface area contributed by atoms with Crippen molar-refractivity contribution in [2.24, 2.45) is 0 Å². The number of halogens is 1. The van der Waals surface area contributed by atoms with Crippen molar-refractivity contribution in [1.82, 2.24) is 4.57 Å². The predicted octanol–water partition coefficient (Wildman–Crippen LogP) is 2.36. The van der Waals surface area contributed by atoms with Crippen molar-refractivity contribution >= 4 is 11.6 Å². The first-order valence-electron chi connectivity index (χ1n) is 6.34. The number of rotatable bonds is 1. The second kappa shape index (κ2) is 4.68. The van der Waals surface area contributed by atoms with Gasteiger partial charge in [-0.1, -0.05) is 11.6 Å². The van der Waals surface area contributed by atoms with E-state index in [1.165, 1.54) is 6.07 Å². The van der Waals surface area contributed by atoms with E-state index in [9.17, 15) is 4.79 Å². The molecule has 1 aliphatic heterocycles. The fourth-order valence-electron chi connectivity index (χ4n) is 2.87. The zero-order valence-electron chi connectivity index (χ0n) is 10.1. The van der Waals surface area contributed by atoms with Crippen LogP contribution in [0.3, 0.4) is 0 Å². The Morgan fingerprint density at radius 1 is 1.22 bits per heavy atom. The summed E-state index contributed by atoms with van der Waals surface area (Å²) >= 11 is 5.95. The lowest BCUT2D eigenvalue weighted by Crippen LogP contribution is -2.37. The van der Waals surface area contributed by atoms with E-state index in [1.807, 2.05) is 0 Å². The summed E-state index contributed by atoms with van der Waals surface area (Å²) < 4.78 is 13.1. The first kappa shape index (κ1) is 12.2. The molecular formula is C13H16ClNO3. The predicted molar refractivity (Wildman–Crippen MR) is 67.9 cm³/mol. The van der Waals surface area contributed by atoms with Gasteiger partial charge in [-0.05, 0) is 18.9 Å². The lowest BCUT2D eigenvalue weighted by atomic mass is 9.90. The second-order valence-corrected chi connectivity index (χ2v) is 5.37. The van der Waals surface area contributed by atoms with Crippen molar-refractivity contribution < 1.29 is 9.47 Å². The highest BCUT2D eigenvalue weighted by molar-refractivity contribution is 6.30. The number of ether oxygens (including phenoxy) is 2. The molecule has 0 N–H and O–H groups in total. The van der Waals surface area contributed by atoms with E-state index < -0.39 is 0 Å². The lowest BCUT2D eigenvalue weighted by Gasteiger charge is -2.36. The van der Waals surface area contributed by atoms with Crippen LogP contribution in [0.15, 0.2) is 23.1 Å². The average molecular weight is 270 g/mol. The summed E-state index contributed by atoms with van der Waals surface area (Å²) in [5.74, 6) is -0.376. The van der Waals surface area contributed by atoms with E-state index in [0.29, 0.717) is 18.2 Å². The molecule has 0 aromatic carbocycles. The minimum Gasteiger partial charge on any atom is -0.348 e. The third kappa shape index (κ3) is 2.20. The van der Waals surface area contributed by atoms with Crippen LogP contribution in [-0.2, 0) is 9.47 Å².